The molecule has 4 nitrogen and oxygen atoms in total. The van der Waals surface area contributed by atoms with Crippen LogP contribution in [-0.4, -0.2) is 26.2 Å². The summed E-state index contributed by atoms with van der Waals surface area (Å²) in [6, 6.07) is 8.12. The fraction of sp³-hybridized carbons (Fsp3) is 0.500. The molecule has 0 aliphatic heterocycles. The van der Waals surface area contributed by atoms with Crippen LogP contribution in [0.15, 0.2) is 24.3 Å². The molecule has 0 spiro atoms. The monoisotopic (exact) mass is 250 g/mol. The molecule has 0 saturated carbocycles. The van der Waals surface area contributed by atoms with Crippen LogP contribution in [0.4, 0.5) is 5.69 Å². The van der Waals surface area contributed by atoms with E-state index in [1.807, 2.05) is 38.2 Å². The summed E-state index contributed by atoms with van der Waals surface area (Å²) in [5.41, 5.74) is 1.99. The van der Waals surface area contributed by atoms with E-state index >= 15 is 0 Å². The molecule has 0 radical (unpaired) electrons. The van der Waals surface area contributed by atoms with Crippen molar-refractivity contribution in [1.29, 1.82) is 0 Å². The normalized spacial score (nSPS) is 12.2. The molecule has 0 fully saturated rings. The molecule has 0 heterocycles. The third kappa shape index (κ3) is 4.85. The Hall–Kier alpha value is -1.39. The van der Waals surface area contributed by atoms with Crippen LogP contribution >= 0.6 is 0 Å². The van der Waals surface area contributed by atoms with Crippen LogP contribution in [0, 0.1) is 0 Å². The number of hydrogen-bond acceptors (Lipinski definition) is 3. The maximum atomic E-state index is 11.5. The molecule has 18 heavy (non-hydrogen) atoms. The van der Waals surface area contributed by atoms with Crippen LogP contribution in [0.25, 0.3) is 0 Å². The number of carbonyl (C=O) groups is 1. The fourth-order valence-electron chi connectivity index (χ4n) is 1.53. The number of amides is 1. The minimum atomic E-state index is -0.113. The van der Waals surface area contributed by atoms with E-state index < -0.39 is 0 Å². The minimum absolute atomic E-state index is 0.113. The number of hydrogen-bond donors (Lipinski definition) is 2. The number of ether oxygens (including phenoxy) is 1. The highest BCUT2D eigenvalue weighted by molar-refractivity contribution is 5.91. The van der Waals surface area contributed by atoms with Gasteiger partial charge in [-0.25, -0.2) is 0 Å². The van der Waals surface area contributed by atoms with Crippen LogP contribution in [0.1, 0.15) is 31.9 Å². The Kier molecular flexibility index (Phi) is 6.39. The van der Waals surface area contributed by atoms with Gasteiger partial charge < -0.3 is 15.4 Å². The van der Waals surface area contributed by atoms with Gasteiger partial charge in [-0.3, -0.25) is 4.79 Å². The molecular weight excluding hydrogens is 228 g/mol. The zero-order chi connectivity index (χ0) is 13.4. The molecule has 1 atom stereocenters. The number of nitrogens with one attached hydrogen (secondary N) is 2. The predicted molar refractivity (Wildman–Crippen MR) is 73.7 cm³/mol. The molecule has 1 rings (SSSR count). The summed E-state index contributed by atoms with van der Waals surface area (Å²) in [4.78, 5) is 11.5. The molecule has 0 bridgehead atoms. The van der Waals surface area contributed by atoms with Gasteiger partial charge in [0.25, 0.3) is 0 Å². The Morgan fingerprint density at radius 1 is 1.33 bits per heavy atom. The lowest BCUT2D eigenvalue weighted by atomic mass is 10.1. The van der Waals surface area contributed by atoms with E-state index in [1.165, 1.54) is 5.56 Å². The van der Waals surface area contributed by atoms with Crippen LogP contribution in [0.3, 0.4) is 0 Å². The van der Waals surface area contributed by atoms with Gasteiger partial charge in [-0.2, -0.15) is 0 Å². The number of benzene rings is 1. The second kappa shape index (κ2) is 7.84. The molecule has 4 heteroatoms. The molecule has 1 aromatic carbocycles. The summed E-state index contributed by atoms with van der Waals surface area (Å²) in [6.45, 7) is 4.83. The first kappa shape index (κ1) is 14.7. The smallest absolute Gasteiger partial charge is 0.250 e. The average Bonchev–Trinajstić information content (AvgIpc) is 2.39. The maximum absolute atomic E-state index is 11.5. The Morgan fingerprint density at radius 2 is 2.00 bits per heavy atom. The van der Waals surface area contributed by atoms with Gasteiger partial charge in [0.05, 0.1) is 0 Å². The summed E-state index contributed by atoms with van der Waals surface area (Å²) in [5, 5.41) is 5.97. The molecule has 1 aromatic rings. The Balaban J connectivity index is 2.45. The SMILES string of the molecule is CCCOCC(=O)Nc1ccc(C(C)NC)cc1. The molecule has 2 N–H and O–H groups in total. The van der Waals surface area contributed by atoms with Crippen LogP contribution < -0.4 is 10.6 Å². The first-order valence-corrected chi connectivity index (χ1v) is 6.32. The van der Waals surface area contributed by atoms with Gasteiger partial charge >= 0.3 is 0 Å². The van der Waals surface area contributed by atoms with E-state index in [4.69, 9.17) is 4.74 Å². The van der Waals surface area contributed by atoms with Crippen LogP contribution in [0.2, 0.25) is 0 Å². The maximum Gasteiger partial charge on any atom is 0.250 e. The van der Waals surface area contributed by atoms with E-state index in [0.717, 1.165) is 12.1 Å². The lowest BCUT2D eigenvalue weighted by Gasteiger charge is -2.11. The third-order valence-electron chi connectivity index (χ3n) is 2.71. The quantitative estimate of drug-likeness (QED) is 0.730. The van der Waals surface area contributed by atoms with Crippen LogP contribution in [-0.2, 0) is 9.53 Å². The minimum Gasteiger partial charge on any atom is -0.372 e. The standard InChI is InChI=1S/C14H22N2O2/c1-4-9-18-10-14(17)16-13-7-5-12(6-8-13)11(2)15-3/h5-8,11,15H,4,9-10H2,1-3H3,(H,16,17). The van der Waals surface area contributed by atoms with Gasteiger partial charge in [0.2, 0.25) is 5.91 Å². The molecule has 0 saturated heterocycles. The van der Waals surface area contributed by atoms with Gasteiger partial charge in [0, 0.05) is 18.3 Å². The highest BCUT2D eigenvalue weighted by Gasteiger charge is 2.04. The zero-order valence-corrected chi connectivity index (χ0v) is 11.3. The number of anilines is 1. The second-order valence-electron chi connectivity index (χ2n) is 4.23. The summed E-state index contributed by atoms with van der Waals surface area (Å²) < 4.78 is 5.17. The van der Waals surface area contributed by atoms with Crippen molar-refractivity contribution in [3.8, 4) is 0 Å². The summed E-state index contributed by atoms with van der Waals surface area (Å²) in [6.07, 6.45) is 0.921. The number of carbonyl (C=O) groups excluding carboxylic acids is 1. The molecule has 1 amide bonds. The predicted octanol–water partition coefficient (Wildman–Crippen LogP) is 2.33. The number of rotatable bonds is 7. The molecule has 0 aliphatic carbocycles. The largest absolute Gasteiger partial charge is 0.372 e. The zero-order valence-electron chi connectivity index (χ0n) is 11.3. The van der Waals surface area contributed by atoms with E-state index in [1.54, 1.807) is 0 Å². The van der Waals surface area contributed by atoms with Crippen molar-refractivity contribution < 1.29 is 9.53 Å². The lowest BCUT2D eigenvalue weighted by Crippen LogP contribution is -2.18. The Morgan fingerprint density at radius 3 is 2.56 bits per heavy atom. The lowest BCUT2D eigenvalue weighted by molar-refractivity contribution is -0.120. The van der Waals surface area contributed by atoms with Crippen molar-refractivity contribution in [2.24, 2.45) is 0 Å². The molecule has 1 unspecified atom stereocenters. The van der Waals surface area contributed by atoms with E-state index in [0.29, 0.717) is 12.6 Å². The van der Waals surface area contributed by atoms with Crippen molar-refractivity contribution in [3.63, 3.8) is 0 Å². The summed E-state index contributed by atoms with van der Waals surface area (Å²) in [5.74, 6) is -0.113. The van der Waals surface area contributed by atoms with Crippen LogP contribution in [0.5, 0.6) is 0 Å². The molecule has 100 valence electrons. The van der Waals surface area contributed by atoms with Gasteiger partial charge in [-0.1, -0.05) is 19.1 Å². The van der Waals surface area contributed by atoms with Gasteiger partial charge in [0.15, 0.2) is 0 Å². The van der Waals surface area contributed by atoms with Crippen molar-refractivity contribution in [1.82, 2.24) is 5.32 Å². The van der Waals surface area contributed by atoms with E-state index in [-0.39, 0.29) is 12.5 Å². The second-order valence-corrected chi connectivity index (χ2v) is 4.23. The van der Waals surface area contributed by atoms with Crippen molar-refractivity contribution in [3.05, 3.63) is 29.8 Å². The highest BCUT2D eigenvalue weighted by atomic mass is 16.5. The van der Waals surface area contributed by atoms with Crippen molar-refractivity contribution in [2.75, 3.05) is 25.6 Å². The third-order valence-corrected chi connectivity index (χ3v) is 2.71. The van der Waals surface area contributed by atoms with E-state index in [9.17, 15) is 4.79 Å². The Labute approximate surface area is 109 Å². The summed E-state index contributed by atoms with van der Waals surface area (Å²) >= 11 is 0. The van der Waals surface area contributed by atoms with Crippen molar-refractivity contribution >= 4 is 11.6 Å². The first-order chi connectivity index (χ1) is 8.67. The summed E-state index contributed by atoms with van der Waals surface area (Å²) in [7, 11) is 1.92. The molecule has 0 aliphatic rings. The van der Waals surface area contributed by atoms with E-state index in [2.05, 4.69) is 17.6 Å². The highest BCUT2D eigenvalue weighted by Crippen LogP contribution is 2.15. The van der Waals surface area contributed by atoms with Gasteiger partial charge in [0.1, 0.15) is 6.61 Å². The van der Waals surface area contributed by atoms with Crippen molar-refractivity contribution in [2.45, 2.75) is 26.3 Å². The molecular formula is C14H22N2O2. The fourth-order valence-corrected chi connectivity index (χ4v) is 1.53. The average molecular weight is 250 g/mol. The topological polar surface area (TPSA) is 50.4 Å². The molecule has 0 aromatic heterocycles. The first-order valence-electron chi connectivity index (χ1n) is 6.32. The van der Waals surface area contributed by atoms with Gasteiger partial charge in [-0.05, 0) is 38.1 Å². The van der Waals surface area contributed by atoms with Gasteiger partial charge in [-0.15, -0.1) is 0 Å². The Bertz CT molecular complexity index is 363.